The van der Waals surface area contributed by atoms with Crippen LogP contribution in [0.2, 0.25) is 0 Å². The topological polar surface area (TPSA) is 66.5 Å². The second kappa shape index (κ2) is 7.98. The van der Waals surface area contributed by atoms with Gasteiger partial charge in [0.15, 0.2) is 0 Å². The lowest BCUT2D eigenvalue weighted by molar-refractivity contribution is -0.143. The van der Waals surface area contributed by atoms with Gasteiger partial charge in [-0.3, -0.25) is 19.3 Å². The third kappa shape index (κ3) is 3.86. The van der Waals surface area contributed by atoms with Crippen LogP contribution in [0.1, 0.15) is 51.9 Å². The van der Waals surface area contributed by atoms with Crippen molar-refractivity contribution in [2.45, 2.75) is 51.9 Å². The van der Waals surface area contributed by atoms with Crippen molar-refractivity contribution >= 4 is 17.7 Å². The number of rotatable bonds is 6. The number of likely N-dealkylation sites (tertiary alicyclic amines) is 1. The fourth-order valence-electron chi connectivity index (χ4n) is 4.30. The van der Waals surface area contributed by atoms with Gasteiger partial charge < -0.3 is 5.32 Å². The summed E-state index contributed by atoms with van der Waals surface area (Å²) in [5.74, 6) is -1.02. The molecule has 3 aliphatic rings. The molecule has 1 saturated heterocycles. The fourth-order valence-corrected chi connectivity index (χ4v) is 4.30. The first-order valence-corrected chi connectivity index (χ1v) is 9.58. The van der Waals surface area contributed by atoms with Crippen LogP contribution < -0.4 is 5.32 Å². The van der Waals surface area contributed by atoms with E-state index in [4.69, 9.17) is 0 Å². The number of amides is 3. The lowest BCUT2D eigenvalue weighted by atomic mass is 9.76. The average Bonchev–Trinajstić information content (AvgIpc) is 2.87. The van der Waals surface area contributed by atoms with Gasteiger partial charge >= 0.3 is 0 Å². The first-order chi connectivity index (χ1) is 12.1. The zero-order valence-corrected chi connectivity index (χ0v) is 15.0. The average molecular weight is 344 g/mol. The Morgan fingerprint density at radius 3 is 2.84 bits per heavy atom. The molecule has 3 rings (SSSR count). The molecule has 136 valence electrons. The number of hydrogen-bond acceptors (Lipinski definition) is 3. The van der Waals surface area contributed by atoms with Crippen molar-refractivity contribution in [3.8, 4) is 0 Å². The number of imide groups is 1. The van der Waals surface area contributed by atoms with E-state index in [9.17, 15) is 14.4 Å². The molecule has 0 spiro atoms. The predicted octanol–water partition coefficient (Wildman–Crippen LogP) is 2.58. The number of carbonyl (C=O) groups excluding carboxylic acids is 3. The van der Waals surface area contributed by atoms with Crippen molar-refractivity contribution < 1.29 is 14.4 Å². The number of hydrogen-bond donors (Lipinski definition) is 1. The van der Waals surface area contributed by atoms with Crippen molar-refractivity contribution in [1.82, 2.24) is 10.2 Å². The normalized spacial score (nSPS) is 28.8. The van der Waals surface area contributed by atoms with Gasteiger partial charge in [-0.15, -0.1) is 0 Å². The fraction of sp³-hybridized carbons (Fsp3) is 0.650. The number of carbonyl (C=O) groups is 3. The lowest BCUT2D eigenvalue weighted by Gasteiger charge is -2.24. The van der Waals surface area contributed by atoms with Crippen molar-refractivity contribution in [3.63, 3.8) is 0 Å². The van der Waals surface area contributed by atoms with Gasteiger partial charge in [-0.2, -0.15) is 0 Å². The molecule has 5 nitrogen and oxygen atoms in total. The standard InChI is InChI=1S/C20H28N2O3/c1-2-15-9-6-10-16-18(15)20(25)22(19(16)24)13-17(23)21-12-11-14-7-4-3-5-8-14/h6-7,9,15-16,18H,2-5,8,10-13H2,1H3,(H,21,23)/t15-,16+,18-/m1/s1. The summed E-state index contributed by atoms with van der Waals surface area (Å²) in [5, 5.41) is 2.86. The highest BCUT2D eigenvalue weighted by Gasteiger charge is 2.50. The van der Waals surface area contributed by atoms with Crippen molar-refractivity contribution in [2.24, 2.45) is 17.8 Å². The Morgan fingerprint density at radius 2 is 2.12 bits per heavy atom. The highest BCUT2D eigenvalue weighted by Crippen LogP contribution is 2.39. The first-order valence-electron chi connectivity index (χ1n) is 9.58. The van der Waals surface area contributed by atoms with E-state index in [-0.39, 0.29) is 42.0 Å². The highest BCUT2D eigenvalue weighted by molar-refractivity contribution is 6.07. The van der Waals surface area contributed by atoms with Crippen LogP contribution in [-0.4, -0.2) is 35.7 Å². The summed E-state index contributed by atoms with van der Waals surface area (Å²) in [4.78, 5) is 38.6. The van der Waals surface area contributed by atoms with Crippen LogP contribution in [0.5, 0.6) is 0 Å². The van der Waals surface area contributed by atoms with Crippen LogP contribution in [0.25, 0.3) is 0 Å². The number of fused-ring (bicyclic) bond motifs is 1. The van der Waals surface area contributed by atoms with Crippen LogP contribution in [0, 0.1) is 17.8 Å². The van der Waals surface area contributed by atoms with E-state index in [1.807, 2.05) is 19.1 Å². The molecule has 0 saturated carbocycles. The minimum Gasteiger partial charge on any atom is -0.354 e. The van der Waals surface area contributed by atoms with Gasteiger partial charge in [-0.1, -0.05) is 30.7 Å². The van der Waals surface area contributed by atoms with E-state index in [1.54, 1.807) is 0 Å². The van der Waals surface area contributed by atoms with Gasteiger partial charge in [0.1, 0.15) is 6.54 Å². The highest BCUT2D eigenvalue weighted by atomic mass is 16.2. The molecule has 3 atom stereocenters. The monoisotopic (exact) mass is 344 g/mol. The molecule has 1 fully saturated rings. The SMILES string of the molecule is CC[C@@H]1C=CC[C@@H]2C(=O)N(CC(=O)NCCC3=CCCCC3)C(=O)[C@@H]21. The molecular formula is C20H28N2O3. The molecule has 1 N–H and O–H groups in total. The third-order valence-corrected chi connectivity index (χ3v) is 5.73. The number of allylic oxidation sites excluding steroid dienone is 3. The Kier molecular flexibility index (Phi) is 5.71. The molecule has 0 radical (unpaired) electrons. The van der Waals surface area contributed by atoms with Crippen molar-refractivity contribution in [3.05, 3.63) is 23.8 Å². The smallest absolute Gasteiger partial charge is 0.240 e. The Labute approximate surface area is 149 Å². The molecular weight excluding hydrogens is 316 g/mol. The minimum absolute atomic E-state index is 0.112. The molecule has 0 aromatic rings. The quantitative estimate of drug-likeness (QED) is 0.595. The zero-order valence-electron chi connectivity index (χ0n) is 15.0. The molecule has 0 bridgehead atoms. The van der Waals surface area contributed by atoms with Crippen molar-refractivity contribution in [2.75, 3.05) is 13.1 Å². The largest absolute Gasteiger partial charge is 0.354 e. The van der Waals surface area contributed by atoms with E-state index in [0.29, 0.717) is 13.0 Å². The van der Waals surface area contributed by atoms with E-state index < -0.39 is 0 Å². The second-order valence-corrected chi connectivity index (χ2v) is 7.34. The van der Waals surface area contributed by atoms with Gasteiger partial charge in [-0.05, 0) is 50.9 Å². The van der Waals surface area contributed by atoms with E-state index in [1.165, 1.54) is 23.3 Å². The third-order valence-electron chi connectivity index (χ3n) is 5.73. The Bertz CT molecular complexity index is 608. The van der Waals surface area contributed by atoms with Gasteiger partial charge in [0.25, 0.3) is 0 Å². The summed E-state index contributed by atoms with van der Waals surface area (Å²) in [6.45, 7) is 2.47. The number of nitrogens with zero attached hydrogens (tertiary/aromatic N) is 1. The van der Waals surface area contributed by atoms with Gasteiger partial charge in [0, 0.05) is 6.54 Å². The van der Waals surface area contributed by atoms with Crippen LogP contribution in [0.3, 0.4) is 0 Å². The lowest BCUT2D eigenvalue weighted by Crippen LogP contribution is -2.41. The molecule has 2 aliphatic carbocycles. The van der Waals surface area contributed by atoms with Crippen LogP contribution in [0.15, 0.2) is 23.8 Å². The summed E-state index contributed by atoms with van der Waals surface area (Å²) in [6.07, 6.45) is 13.4. The maximum Gasteiger partial charge on any atom is 0.240 e. The minimum atomic E-state index is -0.275. The van der Waals surface area contributed by atoms with Gasteiger partial charge in [0.2, 0.25) is 17.7 Å². The first kappa shape index (κ1) is 17.9. The summed E-state index contributed by atoms with van der Waals surface area (Å²) >= 11 is 0. The Morgan fingerprint density at radius 1 is 1.28 bits per heavy atom. The summed E-state index contributed by atoms with van der Waals surface area (Å²) in [7, 11) is 0. The zero-order chi connectivity index (χ0) is 17.8. The van der Waals surface area contributed by atoms with E-state index in [0.717, 1.165) is 25.7 Å². The molecule has 25 heavy (non-hydrogen) atoms. The molecule has 1 heterocycles. The summed E-state index contributed by atoms with van der Waals surface area (Å²) in [5.41, 5.74) is 1.41. The number of nitrogens with one attached hydrogen (secondary N) is 1. The van der Waals surface area contributed by atoms with Crippen molar-refractivity contribution in [1.29, 1.82) is 0 Å². The maximum absolute atomic E-state index is 12.7. The summed E-state index contributed by atoms with van der Waals surface area (Å²) in [6, 6.07) is 0. The Hall–Kier alpha value is -1.91. The molecule has 0 aromatic heterocycles. The van der Waals surface area contributed by atoms with Crippen LogP contribution in [0.4, 0.5) is 0 Å². The predicted molar refractivity (Wildman–Crippen MR) is 95.4 cm³/mol. The molecule has 0 aromatic carbocycles. The molecule has 0 unspecified atom stereocenters. The molecule has 3 amide bonds. The molecule has 5 heteroatoms. The van der Waals surface area contributed by atoms with E-state index >= 15 is 0 Å². The Balaban J connectivity index is 1.52. The van der Waals surface area contributed by atoms with Gasteiger partial charge in [0.05, 0.1) is 11.8 Å². The molecule has 1 aliphatic heterocycles. The van der Waals surface area contributed by atoms with Gasteiger partial charge in [-0.25, -0.2) is 0 Å². The summed E-state index contributed by atoms with van der Waals surface area (Å²) < 4.78 is 0. The van der Waals surface area contributed by atoms with Crippen LogP contribution in [-0.2, 0) is 14.4 Å². The maximum atomic E-state index is 12.7. The van der Waals surface area contributed by atoms with E-state index in [2.05, 4.69) is 11.4 Å². The second-order valence-electron chi connectivity index (χ2n) is 7.34. The van der Waals surface area contributed by atoms with Crippen LogP contribution >= 0.6 is 0 Å².